The quantitative estimate of drug-likeness (QED) is 0.240. The second-order valence-corrected chi connectivity index (χ2v) is 81.2. The summed E-state index contributed by atoms with van der Waals surface area (Å²) in [6.07, 6.45) is 0. The van der Waals surface area contributed by atoms with E-state index in [1.54, 1.807) is 0 Å². The first-order valence-electron chi connectivity index (χ1n) is 24.1. The van der Waals surface area contributed by atoms with E-state index in [0.29, 0.717) is 0 Å². The Bertz CT molecular complexity index is 938. The van der Waals surface area contributed by atoms with Crippen molar-refractivity contribution in [2.24, 2.45) is 0 Å². The molecule has 109 heteroatoms. The van der Waals surface area contributed by atoms with Gasteiger partial charge in [0.1, 0.15) is 0 Å². The third-order valence-corrected chi connectivity index (χ3v) is 0.538. The summed E-state index contributed by atoms with van der Waals surface area (Å²) in [7, 11) is 0. The zero-order valence-corrected chi connectivity index (χ0v) is 144. The van der Waals surface area contributed by atoms with E-state index in [1.165, 1.54) is 0 Å². The summed E-state index contributed by atoms with van der Waals surface area (Å²) in [4.78, 5) is 0. The van der Waals surface area contributed by atoms with Gasteiger partial charge >= 0.3 is 0 Å². The van der Waals surface area contributed by atoms with Gasteiger partial charge in [0.15, 0.2) is 150 Å². The standard InChI is InChI=1S/C2H3Cl3O.35CHCl3/c3-2(4,5)1-6;35*2-1(3)4/h6H,1H2;35*1H. The number of rotatable bonds is 0. The Balaban J connectivity index is -0.0000000251. The number of alkyl halides is 108. The third-order valence-electron chi connectivity index (χ3n) is 0.179. The van der Waals surface area contributed by atoms with Crippen LogP contribution in [0.4, 0.5) is 0 Å². The Morgan fingerprint density at radius 2 is 0.0822 bits per heavy atom. The first-order chi connectivity index (χ1) is 63.2. The van der Waals surface area contributed by atoms with Gasteiger partial charge < -0.3 is 5.11 Å². The summed E-state index contributed by atoms with van der Waals surface area (Å²) in [5.41, 5.74) is 0. The number of aliphatic hydroxyl groups is 1. The van der Waals surface area contributed by atoms with Crippen LogP contribution >= 0.6 is 1250 Å². The van der Waals surface area contributed by atoms with Gasteiger partial charge in [-0.1, -0.05) is 1250 Å². The highest BCUT2D eigenvalue weighted by Crippen LogP contribution is 2.24. The van der Waals surface area contributed by atoms with Gasteiger partial charge in [-0.15, -0.1) is 0 Å². The Labute approximate surface area is 1390 Å². The van der Waals surface area contributed by atoms with Crippen molar-refractivity contribution in [2.75, 3.05) is 6.61 Å². The van der Waals surface area contributed by atoms with E-state index in [0.717, 1.165) is 0 Å². The molecule has 0 aliphatic heterocycles. The minimum Gasteiger partial charge on any atom is -0.392 e. The molecule has 1 N–H and O–H groups in total. The topological polar surface area (TPSA) is 20.2 Å². The van der Waals surface area contributed by atoms with Crippen molar-refractivity contribution in [2.45, 2.75) is 154 Å². The fraction of sp³-hybridized carbons (Fsp3) is 1.00. The van der Waals surface area contributed by atoms with Gasteiger partial charge in [0.2, 0.25) is 3.79 Å². The fourth-order valence-corrected chi connectivity index (χ4v) is 0. The minimum atomic E-state index is -1.49. The van der Waals surface area contributed by atoms with E-state index in [-0.39, 0.29) is 0 Å². The molecule has 0 rings (SSSR count). The molecule has 0 amide bonds. The highest BCUT2D eigenvalue weighted by Gasteiger charge is 2.16. The van der Waals surface area contributed by atoms with Gasteiger partial charge in [-0.2, -0.15) is 0 Å². The lowest BCUT2D eigenvalue weighted by Crippen LogP contribution is -2.06. The molecule has 0 aromatic heterocycles. The number of aliphatic hydroxyl groups excluding tert-OH is 1. The largest absolute Gasteiger partial charge is 0.392 e. The van der Waals surface area contributed by atoms with Crippen molar-refractivity contribution in [3.05, 3.63) is 0 Å². The summed E-state index contributed by atoms with van der Waals surface area (Å²) in [5.74, 6) is 0. The van der Waals surface area contributed by atoms with E-state index in [4.69, 9.17) is 1260 Å². The van der Waals surface area contributed by atoms with Crippen LogP contribution in [0.2, 0.25) is 0 Å². The molecular formula is C37H38Cl108O. The minimum absolute atomic E-state index is 0.433. The number of hydrogen-bond acceptors (Lipinski definition) is 1. The molecule has 0 radical (unpaired) electrons. The molecule has 146 heavy (non-hydrogen) atoms. The van der Waals surface area contributed by atoms with Crippen LogP contribution in [-0.2, 0) is 0 Å². The Hall–Kier alpha value is 31.3. The first kappa shape index (κ1) is 276. The van der Waals surface area contributed by atoms with Crippen molar-refractivity contribution in [3.8, 4) is 0 Å². The third kappa shape index (κ3) is 4530. The maximum absolute atomic E-state index is 8.01. The lowest BCUT2D eigenvalue weighted by molar-refractivity contribution is 0.303. The van der Waals surface area contributed by atoms with Gasteiger partial charge in [0, 0.05) is 0 Å². The number of hydrogen-bond donors (Lipinski definition) is 1. The predicted octanol–water partition coefficient (Wildman–Crippen LogP) is 70.9. The van der Waals surface area contributed by atoms with E-state index < -0.39 is 161 Å². The Kier molecular flexibility index (Phi) is 499. The van der Waals surface area contributed by atoms with E-state index in [1.807, 2.05) is 0 Å². The molecule has 0 fully saturated rings. The molecule has 0 heterocycles. The highest BCUT2D eigenvalue weighted by atomic mass is 35.7. The molecule has 0 saturated heterocycles. The summed E-state index contributed by atoms with van der Waals surface area (Å²) in [5, 5.41) is 8.01. The summed E-state index contributed by atoms with van der Waals surface area (Å²) in [6, 6.07) is 0. The average molecular weight is 4330 g/mol. The van der Waals surface area contributed by atoms with Gasteiger partial charge in [-0.3, -0.25) is 0 Å². The molecule has 0 saturated carbocycles. The monoisotopic (exact) mass is 4270 g/mol. The van der Waals surface area contributed by atoms with Crippen LogP contribution < -0.4 is 0 Å². The van der Waals surface area contributed by atoms with Crippen molar-refractivity contribution in [3.63, 3.8) is 0 Å². The zero-order valence-electron chi connectivity index (χ0n) is 62.7. The van der Waals surface area contributed by atoms with Crippen LogP contribution in [0.1, 0.15) is 0 Å². The second-order valence-electron chi connectivity index (χ2n) is 9.43. The van der Waals surface area contributed by atoms with Gasteiger partial charge in [0.05, 0.1) is 6.61 Å². The van der Waals surface area contributed by atoms with Gasteiger partial charge in [-0.05, 0) is 0 Å². The maximum Gasteiger partial charge on any atom is 0.213 e. The molecule has 0 atom stereocenters. The zero-order chi connectivity index (χ0) is 130. The van der Waals surface area contributed by atoms with Gasteiger partial charge in [0.25, 0.3) is 0 Å². The Morgan fingerprint density at radius 1 is 0.0753 bits per heavy atom. The first-order valence-corrected chi connectivity index (χ1v) is 71.1. The lowest BCUT2D eigenvalue weighted by atomic mass is 10.9. The van der Waals surface area contributed by atoms with Crippen molar-refractivity contribution in [1.82, 2.24) is 0 Å². The molecule has 0 unspecified atom stereocenters. The molecule has 0 aromatic carbocycles. The van der Waals surface area contributed by atoms with Crippen molar-refractivity contribution >= 4 is 1250 Å². The van der Waals surface area contributed by atoms with Crippen molar-refractivity contribution in [1.29, 1.82) is 0 Å². The predicted molar refractivity (Wildman–Crippen MR) is 775 cm³/mol. The molecule has 0 aliphatic carbocycles. The summed E-state index contributed by atoms with van der Waals surface area (Å²) < 4.78 is -27.7. The van der Waals surface area contributed by atoms with Crippen LogP contribution in [0.3, 0.4) is 0 Å². The molecule has 948 valence electrons. The normalized spacial score (nSPS) is 9.12. The van der Waals surface area contributed by atoms with E-state index in [9.17, 15) is 0 Å². The van der Waals surface area contributed by atoms with E-state index in [2.05, 4.69) is 0 Å². The smallest absolute Gasteiger partial charge is 0.213 e. The maximum atomic E-state index is 8.01. The molecule has 1 nitrogen and oxygen atoms in total. The molecular weight excluding hydrogens is 4290 g/mol. The summed E-state index contributed by atoms with van der Waals surface area (Å²) >= 11 is 520. The highest BCUT2D eigenvalue weighted by molar-refractivity contribution is 6.77. The fourth-order valence-electron chi connectivity index (χ4n) is 0. The molecule has 0 bridgehead atoms. The van der Waals surface area contributed by atoms with E-state index >= 15 is 0 Å². The van der Waals surface area contributed by atoms with Crippen LogP contribution in [0.25, 0.3) is 0 Å². The SMILES string of the molecule is ClC(Cl)Cl.ClC(Cl)Cl.ClC(Cl)Cl.ClC(Cl)Cl.ClC(Cl)Cl.ClC(Cl)Cl.ClC(Cl)Cl.ClC(Cl)Cl.ClC(Cl)Cl.ClC(Cl)Cl.ClC(Cl)Cl.ClC(Cl)Cl.ClC(Cl)Cl.ClC(Cl)Cl.ClC(Cl)Cl.ClC(Cl)Cl.ClC(Cl)Cl.ClC(Cl)Cl.ClC(Cl)Cl.ClC(Cl)Cl.ClC(Cl)Cl.ClC(Cl)Cl.ClC(Cl)Cl.ClC(Cl)Cl.ClC(Cl)Cl.ClC(Cl)Cl.ClC(Cl)Cl.ClC(Cl)Cl.ClC(Cl)Cl.ClC(Cl)Cl.ClC(Cl)Cl.ClC(Cl)Cl.ClC(Cl)Cl.ClC(Cl)Cl.ClC(Cl)Cl.OCC(Cl)(Cl)Cl. The van der Waals surface area contributed by atoms with Crippen molar-refractivity contribution < 1.29 is 5.11 Å². The van der Waals surface area contributed by atoms with Crippen LogP contribution in [0.5, 0.6) is 0 Å². The van der Waals surface area contributed by atoms with Crippen LogP contribution in [-0.4, -0.2) is 166 Å². The Morgan fingerprint density at radius 3 is 0.0822 bits per heavy atom. The van der Waals surface area contributed by atoms with Crippen LogP contribution in [0.15, 0.2) is 0 Å². The average Bonchev–Trinajstić information content (AvgIpc) is 1.03. The lowest BCUT2D eigenvalue weighted by Gasteiger charge is -2.01. The molecule has 0 spiro atoms. The second kappa shape index (κ2) is 264. The van der Waals surface area contributed by atoms with Gasteiger partial charge in [-0.25, -0.2) is 0 Å². The molecule has 0 aromatic rings. The van der Waals surface area contributed by atoms with Crippen LogP contribution in [0, 0.1) is 0 Å². The molecule has 0 aliphatic rings. The number of halogens is 108. The summed E-state index contributed by atoms with van der Waals surface area (Å²) in [6.45, 7) is -0.433.